The molecule has 0 spiro atoms. The van der Waals surface area contributed by atoms with Gasteiger partial charge in [-0.15, -0.1) is 0 Å². The molecule has 2 rings (SSSR count). The smallest absolute Gasteiger partial charge is 0.123 e. The second kappa shape index (κ2) is 8.20. The molecule has 116 valence electrons. The third-order valence-corrected chi connectivity index (χ3v) is 6.29. The Hall–Kier alpha value is -0.330. The van der Waals surface area contributed by atoms with Gasteiger partial charge in [0.25, 0.3) is 0 Å². The van der Waals surface area contributed by atoms with Gasteiger partial charge in [-0.05, 0) is 49.4 Å². The van der Waals surface area contributed by atoms with E-state index in [9.17, 15) is 4.79 Å². The van der Waals surface area contributed by atoms with Crippen LogP contribution in [0.15, 0.2) is 0 Å². The molecule has 0 radical (unpaired) electrons. The molecule has 20 heavy (non-hydrogen) atoms. The second-order valence-corrected chi connectivity index (χ2v) is 7.68. The predicted octanol–water partition coefficient (Wildman–Crippen LogP) is 5.62. The van der Waals surface area contributed by atoms with E-state index in [0.29, 0.717) is 11.8 Å². The van der Waals surface area contributed by atoms with E-state index in [-0.39, 0.29) is 0 Å². The van der Waals surface area contributed by atoms with Crippen LogP contribution in [0.1, 0.15) is 84.5 Å². The molecule has 0 aromatic heterocycles. The Morgan fingerprint density at radius 2 is 1.50 bits per heavy atom. The molecule has 0 saturated heterocycles. The van der Waals surface area contributed by atoms with Crippen LogP contribution < -0.4 is 0 Å². The lowest BCUT2D eigenvalue weighted by Gasteiger charge is -2.35. The van der Waals surface area contributed by atoms with E-state index in [4.69, 9.17) is 0 Å². The molecule has 4 atom stereocenters. The first-order valence-corrected chi connectivity index (χ1v) is 9.17. The zero-order valence-corrected chi connectivity index (χ0v) is 13.7. The van der Waals surface area contributed by atoms with Crippen molar-refractivity contribution in [2.24, 2.45) is 29.6 Å². The Kier molecular flexibility index (Phi) is 6.58. The highest BCUT2D eigenvalue weighted by atomic mass is 16.1. The van der Waals surface area contributed by atoms with E-state index in [1.807, 2.05) is 0 Å². The molecule has 4 unspecified atom stereocenters. The van der Waals surface area contributed by atoms with Crippen molar-refractivity contribution in [1.29, 1.82) is 0 Å². The highest BCUT2D eigenvalue weighted by Crippen LogP contribution is 2.38. The molecule has 1 nitrogen and oxygen atoms in total. The Morgan fingerprint density at radius 1 is 0.850 bits per heavy atom. The number of hydrogen-bond donors (Lipinski definition) is 0. The highest BCUT2D eigenvalue weighted by molar-refractivity contribution is 5.54. The van der Waals surface area contributed by atoms with Crippen LogP contribution in [-0.2, 0) is 4.79 Å². The minimum atomic E-state index is 0.385. The van der Waals surface area contributed by atoms with E-state index in [1.54, 1.807) is 0 Å². The van der Waals surface area contributed by atoms with Crippen molar-refractivity contribution in [2.45, 2.75) is 84.5 Å². The number of carbonyl (C=O) groups is 1. The van der Waals surface area contributed by atoms with Crippen molar-refractivity contribution >= 4 is 6.29 Å². The van der Waals surface area contributed by atoms with Gasteiger partial charge in [0.05, 0.1) is 0 Å². The quantitative estimate of drug-likeness (QED) is 0.455. The summed E-state index contributed by atoms with van der Waals surface area (Å²) in [5.41, 5.74) is 0. The van der Waals surface area contributed by atoms with Gasteiger partial charge >= 0.3 is 0 Å². The van der Waals surface area contributed by atoms with E-state index < -0.39 is 0 Å². The summed E-state index contributed by atoms with van der Waals surface area (Å²) >= 11 is 0. The Balaban J connectivity index is 1.66. The Morgan fingerprint density at radius 3 is 2.20 bits per heavy atom. The SMILES string of the molecule is CC1CCCC(C)C1CCCCC1CCCCC1C=O. The number of unbranched alkanes of at least 4 members (excludes halogenated alkanes) is 1. The van der Waals surface area contributed by atoms with Crippen molar-refractivity contribution in [3.05, 3.63) is 0 Å². The molecule has 2 fully saturated rings. The average Bonchev–Trinajstić information content (AvgIpc) is 2.46. The highest BCUT2D eigenvalue weighted by Gasteiger charge is 2.27. The number of carbonyl (C=O) groups excluding carboxylic acids is 1. The minimum absolute atomic E-state index is 0.385. The molecular formula is C19H34O. The van der Waals surface area contributed by atoms with E-state index in [1.165, 1.54) is 70.5 Å². The van der Waals surface area contributed by atoms with E-state index >= 15 is 0 Å². The molecule has 0 aromatic carbocycles. The van der Waals surface area contributed by atoms with Crippen molar-refractivity contribution in [3.63, 3.8) is 0 Å². The molecule has 0 amide bonds. The van der Waals surface area contributed by atoms with E-state index in [2.05, 4.69) is 13.8 Å². The lowest BCUT2D eigenvalue weighted by molar-refractivity contribution is -0.113. The summed E-state index contributed by atoms with van der Waals surface area (Å²) in [6, 6.07) is 0. The maximum Gasteiger partial charge on any atom is 0.123 e. The van der Waals surface area contributed by atoms with Crippen LogP contribution in [0.4, 0.5) is 0 Å². The third kappa shape index (κ3) is 4.33. The van der Waals surface area contributed by atoms with Crippen LogP contribution in [0.25, 0.3) is 0 Å². The van der Waals surface area contributed by atoms with Gasteiger partial charge in [-0.25, -0.2) is 0 Å². The average molecular weight is 278 g/mol. The van der Waals surface area contributed by atoms with Gasteiger partial charge in [-0.2, -0.15) is 0 Å². The molecule has 0 bridgehead atoms. The molecular weight excluding hydrogens is 244 g/mol. The number of aldehydes is 1. The standard InChI is InChI=1S/C19H34O/c1-15-8-7-9-16(2)19(15)13-6-5-11-17-10-3-4-12-18(17)14-20/h14-19H,3-13H2,1-2H3. The summed E-state index contributed by atoms with van der Waals surface area (Å²) in [5, 5.41) is 0. The zero-order valence-electron chi connectivity index (χ0n) is 13.7. The lowest BCUT2D eigenvalue weighted by atomic mass is 9.71. The van der Waals surface area contributed by atoms with Gasteiger partial charge in [0.2, 0.25) is 0 Å². The molecule has 2 aliphatic carbocycles. The molecule has 1 heteroatoms. The number of rotatable bonds is 6. The molecule has 0 N–H and O–H groups in total. The van der Waals surface area contributed by atoms with Gasteiger partial charge in [-0.3, -0.25) is 0 Å². The summed E-state index contributed by atoms with van der Waals surface area (Å²) in [7, 11) is 0. The first kappa shape index (κ1) is 16.0. The summed E-state index contributed by atoms with van der Waals surface area (Å²) in [5.74, 6) is 3.95. The summed E-state index contributed by atoms with van der Waals surface area (Å²) in [4.78, 5) is 11.1. The Labute approximate surface area is 125 Å². The molecule has 2 aliphatic rings. The minimum Gasteiger partial charge on any atom is -0.303 e. The molecule has 2 saturated carbocycles. The van der Waals surface area contributed by atoms with Crippen molar-refractivity contribution < 1.29 is 4.79 Å². The Bertz CT molecular complexity index is 275. The van der Waals surface area contributed by atoms with Crippen LogP contribution >= 0.6 is 0 Å². The van der Waals surface area contributed by atoms with Gasteiger partial charge in [0.1, 0.15) is 6.29 Å². The predicted molar refractivity (Wildman–Crippen MR) is 85.6 cm³/mol. The van der Waals surface area contributed by atoms with Gasteiger partial charge in [-0.1, -0.05) is 58.8 Å². The van der Waals surface area contributed by atoms with Gasteiger partial charge < -0.3 is 4.79 Å². The largest absolute Gasteiger partial charge is 0.303 e. The zero-order chi connectivity index (χ0) is 14.4. The van der Waals surface area contributed by atoms with Gasteiger partial charge in [0, 0.05) is 5.92 Å². The maximum absolute atomic E-state index is 11.1. The molecule has 0 aromatic rings. The van der Waals surface area contributed by atoms with Crippen LogP contribution in [0.5, 0.6) is 0 Å². The summed E-state index contributed by atoms with van der Waals surface area (Å²) in [6.07, 6.45) is 16.2. The van der Waals surface area contributed by atoms with Crippen LogP contribution in [0.3, 0.4) is 0 Å². The van der Waals surface area contributed by atoms with Gasteiger partial charge in [0.15, 0.2) is 0 Å². The third-order valence-electron chi connectivity index (χ3n) is 6.29. The van der Waals surface area contributed by atoms with Crippen molar-refractivity contribution in [1.82, 2.24) is 0 Å². The molecule has 0 heterocycles. The summed E-state index contributed by atoms with van der Waals surface area (Å²) in [6.45, 7) is 4.92. The van der Waals surface area contributed by atoms with E-state index in [0.717, 1.165) is 24.2 Å². The van der Waals surface area contributed by atoms with Crippen molar-refractivity contribution in [3.8, 4) is 0 Å². The fourth-order valence-corrected chi connectivity index (χ4v) is 4.88. The lowest BCUT2D eigenvalue weighted by Crippen LogP contribution is -2.25. The fourth-order valence-electron chi connectivity index (χ4n) is 4.88. The first-order valence-electron chi connectivity index (χ1n) is 9.17. The normalized spacial score (nSPS) is 38.6. The maximum atomic E-state index is 11.1. The van der Waals surface area contributed by atoms with Crippen LogP contribution in [-0.4, -0.2) is 6.29 Å². The first-order chi connectivity index (χ1) is 9.72. The van der Waals surface area contributed by atoms with Crippen molar-refractivity contribution in [2.75, 3.05) is 0 Å². The topological polar surface area (TPSA) is 17.1 Å². The van der Waals surface area contributed by atoms with Crippen LogP contribution in [0, 0.1) is 29.6 Å². The second-order valence-electron chi connectivity index (χ2n) is 7.68. The number of hydrogen-bond acceptors (Lipinski definition) is 1. The fraction of sp³-hybridized carbons (Fsp3) is 0.947. The van der Waals surface area contributed by atoms with Crippen LogP contribution in [0.2, 0.25) is 0 Å². The molecule has 0 aliphatic heterocycles. The monoisotopic (exact) mass is 278 g/mol. The summed E-state index contributed by atoms with van der Waals surface area (Å²) < 4.78 is 0.